The van der Waals surface area contributed by atoms with Gasteiger partial charge in [0.15, 0.2) is 0 Å². The molecule has 18 heavy (non-hydrogen) atoms. The van der Waals surface area contributed by atoms with Gasteiger partial charge >= 0.3 is 0 Å². The van der Waals surface area contributed by atoms with E-state index < -0.39 is 0 Å². The van der Waals surface area contributed by atoms with E-state index in [0.717, 1.165) is 22.8 Å². The number of nitrogens with zero attached hydrogens (tertiary/aromatic N) is 2. The Morgan fingerprint density at radius 3 is 2.39 bits per heavy atom. The van der Waals surface area contributed by atoms with Gasteiger partial charge in [-0.05, 0) is 35.9 Å². The van der Waals surface area contributed by atoms with Gasteiger partial charge in [-0.25, -0.2) is 4.98 Å². The Morgan fingerprint density at radius 1 is 1.17 bits per heavy atom. The lowest BCUT2D eigenvalue weighted by molar-refractivity contribution is 0.415. The first-order chi connectivity index (χ1) is 8.74. The van der Waals surface area contributed by atoms with E-state index >= 15 is 0 Å². The highest BCUT2D eigenvalue weighted by molar-refractivity contribution is 5.59. The predicted octanol–water partition coefficient (Wildman–Crippen LogP) is 2.32. The Hall–Kier alpha value is -2.07. The molecule has 0 saturated carbocycles. The van der Waals surface area contributed by atoms with Gasteiger partial charge in [0.2, 0.25) is 0 Å². The lowest BCUT2D eigenvalue weighted by Crippen LogP contribution is -2.11. The Bertz CT molecular complexity index is 446. The summed E-state index contributed by atoms with van der Waals surface area (Å²) >= 11 is 0. The number of ether oxygens (including phenoxy) is 1. The van der Waals surface area contributed by atoms with Crippen LogP contribution in [0.5, 0.6) is 5.75 Å². The third-order valence-electron chi connectivity index (χ3n) is 2.85. The van der Waals surface area contributed by atoms with Gasteiger partial charge in [-0.15, -0.1) is 0 Å². The maximum absolute atomic E-state index is 5.55. The summed E-state index contributed by atoms with van der Waals surface area (Å²) in [7, 11) is 3.64. The standard InChI is InChI=1S/C14H17N3O/c1-17(12-4-6-13(18-2)7-5-12)14-8-3-11(9-15)10-16-14/h3-8,10H,9,15H2,1-2H3. The Labute approximate surface area is 107 Å². The molecule has 2 rings (SSSR count). The average Bonchev–Trinajstić information content (AvgIpc) is 2.47. The normalized spacial score (nSPS) is 10.2. The highest BCUT2D eigenvalue weighted by Gasteiger charge is 2.05. The summed E-state index contributed by atoms with van der Waals surface area (Å²) in [6.45, 7) is 0.513. The van der Waals surface area contributed by atoms with Gasteiger partial charge in [0.1, 0.15) is 11.6 Å². The minimum Gasteiger partial charge on any atom is -0.497 e. The summed E-state index contributed by atoms with van der Waals surface area (Å²) < 4.78 is 5.14. The number of nitrogens with two attached hydrogens (primary N) is 1. The molecular weight excluding hydrogens is 226 g/mol. The topological polar surface area (TPSA) is 51.4 Å². The molecule has 4 nitrogen and oxygen atoms in total. The van der Waals surface area contributed by atoms with Crippen LogP contribution in [0.3, 0.4) is 0 Å². The van der Waals surface area contributed by atoms with Crippen LogP contribution in [0.4, 0.5) is 11.5 Å². The zero-order valence-corrected chi connectivity index (χ0v) is 10.6. The second-order valence-electron chi connectivity index (χ2n) is 3.99. The van der Waals surface area contributed by atoms with Crippen molar-refractivity contribution < 1.29 is 4.74 Å². The molecule has 2 aromatic rings. The number of pyridine rings is 1. The number of benzene rings is 1. The van der Waals surface area contributed by atoms with Crippen LogP contribution in [0.1, 0.15) is 5.56 Å². The first kappa shape index (κ1) is 12.4. The first-order valence-corrected chi connectivity index (χ1v) is 5.77. The molecule has 1 aromatic carbocycles. The van der Waals surface area contributed by atoms with Crippen molar-refractivity contribution in [2.75, 3.05) is 19.1 Å². The lowest BCUT2D eigenvalue weighted by atomic mass is 10.2. The summed E-state index contributed by atoms with van der Waals surface area (Å²) in [6, 6.07) is 11.8. The number of anilines is 2. The van der Waals surface area contributed by atoms with Crippen LogP contribution in [0.15, 0.2) is 42.6 Å². The summed E-state index contributed by atoms with van der Waals surface area (Å²) in [5.41, 5.74) is 7.64. The largest absolute Gasteiger partial charge is 0.497 e. The van der Waals surface area contributed by atoms with E-state index in [0.29, 0.717) is 6.54 Å². The average molecular weight is 243 g/mol. The molecule has 4 heteroatoms. The van der Waals surface area contributed by atoms with Crippen molar-refractivity contribution in [2.45, 2.75) is 6.54 Å². The van der Waals surface area contributed by atoms with E-state index in [1.54, 1.807) is 13.3 Å². The van der Waals surface area contributed by atoms with Gasteiger partial charge in [0, 0.05) is 25.5 Å². The fourth-order valence-electron chi connectivity index (χ4n) is 1.67. The monoisotopic (exact) mass is 243 g/mol. The minimum absolute atomic E-state index is 0.513. The molecule has 0 aliphatic heterocycles. The number of hydrogen-bond acceptors (Lipinski definition) is 4. The van der Waals surface area contributed by atoms with Crippen LogP contribution < -0.4 is 15.4 Å². The molecule has 0 bridgehead atoms. The van der Waals surface area contributed by atoms with Crippen molar-refractivity contribution in [3.05, 3.63) is 48.2 Å². The fourth-order valence-corrected chi connectivity index (χ4v) is 1.67. The van der Waals surface area contributed by atoms with Gasteiger partial charge in [-0.2, -0.15) is 0 Å². The van der Waals surface area contributed by atoms with Crippen LogP contribution in [0, 0.1) is 0 Å². The highest BCUT2D eigenvalue weighted by atomic mass is 16.5. The van der Waals surface area contributed by atoms with Crippen LogP contribution >= 0.6 is 0 Å². The molecule has 0 aliphatic rings. The number of aromatic nitrogens is 1. The summed E-state index contributed by atoms with van der Waals surface area (Å²) in [5, 5.41) is 0. The van der Waals surface area contributed by atoms with Crippen LogP contribution in [0.25, 0.3) is 0 Å². The zero-order chi connectivity index (χ0) is 13.0. The molecular formula is C14H17N3O. The van der Waals surface area contributed by atoms with Crippen molar-refractivity contribution in [1.82, 2.24) is 4.98 Å². The molecule has 1 heterocycles. The molecule has 0 atom stereocenters. The molecule has 0 radical (unpaired) electrons. The third-order valence-corrected chi connectivity index (χ3v) is 2.85. The van der Waals surface area contributed by atoms with E-state index in [1.165, 1.54) is 0 Å². The number of rotatable bonds is 4. The maximum Gasteiger partial charge on any atom is 0.132 e. The molecule has 94 valence electrons. The van der Waals surface area contributed by atoms with E-state index in [-0.39, 0.29) is 0 Å². The van der Waals surface area contributed by atoms with Crippen molar-refractivity contribution >= 4 is 11.5 Å². The second-order valence-corrected chi connectivity index (χ2v) is 3.99. The van der Waals surface area contributed by atoms with Crippen LogP contribution in [0.2, 0.25) is 0 Å². The van der Waals surface area contributed by atoms with Crippen molar-refractivity contribution in [3.63, 3.8) is 0 Å². The van der Waals surface area contributed by atoms with Crippen LogP contribution in [-0.4, -0.2) is 19.1 Å². The molecule has 2 N–H and O–H groups in total. The summed E-state index contributed by atoms with van der Waals surface area (Å²) in [5.74, 6) is 1.73. The quantitative estimate of drug-likeness (QED) is 0.895. The molecule has 0 saturated heterocycles. The van der Waals surface area contributed by atoms with E-state index in [4.69, 9.17) is 10.5 Å². The van der Waals surface area contributed by atoms with Gasteiger partial charge in [0.25, 0.3) is 0 Å². The van der Waals surface area contributed by atoms with Crippen molar-refractivity contribution in [2.24, 2.45) is 5.73 Å². The molecule has 0 spiro atoms. The molecule has 0 amide bonds. The van der Waals surface area contributed by atoms with Gasteiger partial charge in [0.05, 0.1) is 7.11 Å². The molecule has 0 fully saturated rings. The van der Waals surface area contributed by atoms with Gasteiger partial charge in [-0.3, -0.25) is 0 Å². The molecule has 1 aromatic heterocycles. The Kier molecular flexibility index (Phi) is 3.79. The minimum atomic E-state index is 0.513. The maximum atomic E-state index is 5.55. The number of methoxy groups -OCH3 is 1. The fraction of sp³-hybridized carbons (Fsp3) is 0.214. The number of hydrogen-bond donors (Lipinski definition) is 1. The summed E-state index contributed by atoms with van der Waals surface area (Å²) in [4.78, 5) is 6.40. The van der Waals surface area contributed by atoms with E-state index in [2.05, 4.69) is 4.98 Å². The van der Waals surface area contributed by atoms with Crippen molar-refractivity contribution in [1.29, 1.82) is 0 Å². The van der Waals surface area contributed by atoms with Gasteiger partial charge < -0.3 is 15.4 Å². The Morgan fingerprint density at radius 2 is 1.89 bits per heavy atom. The second kappa shape index (κ2) is 5.51. The highest BCUT2D eigenvalue weighted by Crippen LogP contribution is 2.23. The van der Waals surface area contributed by atoms with Crippen molar-refractivity contribution in [3.8, 4) is 5.75 Å². The van der Waals surface area contributed by atoms with Crippen LogP contribution in [-0.2, 0) is 6.54 Å². The first-order valence-electron chi connectivity index (χ1n) is 5.77. The lowest BCUT2D eigenvalue weighted by Gasteiger charge is -2.18. The van der Waals surface area contributed by atoms with E-state index in [9.17, 15) is 0 Å². The zero-order valence-electron chi connectivity index (χ0n) is 10.6. The predicted molar refractivity (Wildman–Crippen MR) is 73.2 cm³/mol. The molecule has 0 unspecified atom stereocenters. The van der Waals surface area contributed by atoms with Gasteiger partial charge in [-0.1, -0.05) is 6.07 Å². The Balaban J connectivity index is 2.20. The smallest absolute Gasteiger partial charge is 0.132 e. The summed E-state index contributed by atoms with van der Waals surface area (Å²) in [6.07, 6.45) is 1.80. The van der Waals surface area contributed by atoms with E-state index in [1.807, 2.05) is 48.3 Å². The molecule has 0 aliphatic carbocycles. The third kappa shape index (κ3) is 2.60. The SMILES string of the molecule is COc1ccc(N(C)c2ccc(CN)cn2)cc1.